The molecule has 1 unspecified atom stereocenters. The third-order valence-corrected chi connectivity index (χ3v) is 4.94. The molecule has 1 atom stereocenters. The summed E-state index contributed by atoms with van der Waals surface area (Å²) in [7, 11) is -3.70. The normalized spacial score (nSPS) is 12.9. The molecule has 0 aliphatic heterocycles. The smallest absolute Gasteiger partial charge is 0.236 e. The van der Waals surface area contributed by atoms with Crippen molar-refractivity contribution in [2.45, 2.75) is 24.8 Å². The zero-order valence-corrected chi connectivity index (χ0v) is 13.7. The maximum atomic E-state index is 12.1. The number of amides is 1. The number of rotatable bonds is 5. The lowest BCUT2D eigenvalue weighted by Crippen LogP contribution is -2.32. The van der Waals surface area contributed by atoms with Gasteiger partial charge in [0.15, 0.2) is 9.84 Å². The maximum Gasteiger partial charge on any atom is 0.236 e. The van der Waals surface area contributed by atoms with Crippen LogP contribution in [0.4, 0.5) is 0 Å². The standard InChI is InChI=1S/C15H16ClNO4S/c1-10-3-8-14(21-10)11(2)17-15(18)9-22(19,20)13-6-4-12(16)5-7-13/h3-8,11H,9H2,1-2H3,(H,17,18). The second-order valence-corrected chi connectivity index (χ2v) is 7.38. The van der Waals surface area contributed by atoms with Gasteiger partial charge >= 0.3 is 0 Å². The van der Waals surface area contributed by atoms with Gasteiger partial charge in [-0.05, 0) is 50.2 Å². The Kier molecular flexibility index (Phi) is 4.93. The van der Waals surface area contributed by atoms with Gasteiger partial charge in [-0.2, -0.15) is 0 Å². The number of hydrogen-bond donors (Lipinski definition) is 1. The molecule has 0 saturated heterocycles. The van der Waals surface area contributed by atoms with Crippen molar-refractivity contribution < 1.29 is 17.6 Å². The Morgan fingerprint density at radius 3 is 2.41 bits per heavy atom. The third kappa shape index (κ3) is 4.11. The SMILES string of the molecule is Cc1ccc(C(C)NC(=O)CS(=O)(=O)c2ccc(Cl)cc2)o1. The van der Waals surface area contributed by atoms with Crippen LogP contribution in [0.3, 0.4) is 0 Å². The third-order valence-electron chi connectivity index (χ3n) is 3.06. The molecule has 5 nitrogen and oxygen atoms in total. The van der Waals surface area contributed by atoms with Gasteiger partial charge < -0.3 is 9.73 Å². The van der Waals surface area contributed by atoms with Gasteiger partial charge in [-0.1, -0.05) is 11.6 Å². The summed E-state index contributed by atoms with van der Waals surface area (Å²) in [4.78, 5) is 12.0. The fourth-order valence-corrected chi connectivity index (χ4v) is 3.21. The Hall–Kier alpha value is -1.79. The molecule has 2 aromatic rings. The number of benzene rings is 1. The second kappa shape index (κ2) is 6.54. The molecule has 0 saturated carbocycles. The van der Waals surface area contributed by atoms with Gasteiger partial charge in [0, 0.05) is 5.02 Å². The van der Waals surface area contributed by atoms with Crippen molar-refractivity contribution in [3.63, 3.8) is 0 Å². The predicted molar refractivity (Wildman–Crippen MR) is 83.5 cm³/mol. The highest BCUT2D eigenvalue weighted by atomic mass is 35.5. The Balaban J connectivity index is 2.03. The van der Waals surface area contributed by atoms with Gasteiger partial charge in [0.2, 0.25) is 5.91 Å². The average molecular weight is 342 g/mol. The van der Waals surface area contributed by atoms with Crippen LogP contribution in [0, 0.1) is 6.92 Å². The van der Waals surface area contributed by atoms with E-state index in [9.17, 15) is 13.2 Å². The van der Waals surface area contributed by atoms with E-state index in [1.807, 2.05) is 0 Å². The number of nitrogens with one attached hydrogen (secondary N) is 1. The highest BCUT2D eigenvalue weighted by Gasteiger charge is 2.21. The van der Waals surface area contributed by atoms with Crippen LogP contribution in [0.15, 0.2) is 45.7 Å². The number of hydrogen-bond acceptors (Lipinski definition) is 4. The van der Waals surface area contributed by atoms with E-state index in [2.05, 4.69) is 5.32 Å². The molecule has 0 radical (unpaired) electrons. The minimum atomic E-state index is -3.70. The first-order chi connectivity index (χ1) is 10.3. The van der Waals surface area contributed by atoms with Crippen molar-refractivity contribution in [1.82, 2.24) is 5.32 Å². The van der Waals surface area contributed by atoms with Crippen molar-refractivity contribution in [2.24, 2.45) is 0 Å². The topological polar surface area (TPSA) is 76.4 Å². The van der Waals surface area contributed by atoms with E-state index in [4.69, 9.17) is 16.0 Å². The quantitative estimate of drug-likeness (QED) is 0.907. The van der Waals surface area contributed by atoms with Gasteiger partial charge in [-0.25, -0.2) is 8.42 Å². The van der Waals surface area contributed by atoms with E-state index in [-0.39, 0.29) is 4.90 Å². The molecule has 2 rings (SSSR count). The van der Waals surface area contributed by atoms with Crippen LogP contribution < -0.4 is 5.32 Å². The van der Waals surface area contributed by atoms with E-state index in [0.29, 0.717) is 10.8 Å². The summed E-state index contributed by atoms with van der Waals surface area (Å²) in [6, 6.07) is 8.83. The molecule has 22 heavy (non-hydrogen) atoms. The van der Waals surface area contributed by atoms with Gasteiger partial charge in [0.05, 0.1) is 10.9 Å². The summed E-state index contributed by atoms with van der Waals surface area (Å²) in [5.74, 6) is 0.0923. The van der Waals surface area contributed by atoms with Crippen molar-refractivity contribution in [3.05, 3.63) is 52.9 Å². The largest absolute Gasteiger partial charge is 0.464 e. The predicted octanol–water partition coefficient (Wildman–Crippen LogP) is 2.89. The van der Waals surface area contributed by atoms with E-state index in [1.54, 1.807) is 26.0 Å². The van der Waals surface area contributed by atoms with Gasteiger partial charge in [-0.15, -0.1) is 0 Å². The van der Waals surface area contributed by atoms with Crippen molar-refractivity contribution in [1.29, 1.82) is 0 Å². The van der Waals surface area contributed by atoms with E-state index >= 15 is 0 Å². The van der Waals surface area contributed by atoms with Crippen LogP contribution >= 0.6 is 11.6 Å². The maximum absolute atomic E-state index is 12.1. The van der Waals surface area contributed by atoms with Crippen LogP contribution in [-0.4, -0.2) is 20.1 Å². The zero-order chi connectivity index (χ0) is 16.3. The molecule has 1 N–H and O–H groups in total. The molecule has 1 aromatic carbocycles. The van der Waals surface area contributed by atoms with E-state index < -0.39 is 27.5 Å². The highest BCUT2D eigenvalue weighted by molar-refractivity contribution is 7.92. The van der Waals surface area contributed by atoms with Crippen LogP contribution in [0.25, 0.3) is 0 Å². The summed E-state index contributed by atoms with van der Waals surface area (Å²) in [6.07, 6.45) is 0. The first-order valence-electron chi connectivity index (χ1n) is 6.62. The fraction of sp³-hybridized carbons (Fsp3) is 0.267. The summed E-state index contributed by atoms with van der Waals surface area (Å²) in [5.41, 5.74) is 0. The van der Waals surface area contributed by atoms with Crippen LogP contribution in [0.2, 0.25) is 5.02 Å². The lowest BCUT2D eigenvalue weighted by atomic mass is 10.2. The van der Waals surface area contributed by atoms with E-state index in [0.717, 1.165) is 5.76 Å². The molecule has 0 spiro atoms. The molecular formula is C15H16ClNO4S. The van der Waals surface area contributed by atoms with Crippen LogP contribution in [0.5, 0.6) is 0 Å². The van der Waals surface area contributed by atoms with Gasteiger partial charge in [0.1, 0.15) is 17.3 Å². The van der Waals surface area contributed by atoms with Crippen molar-refractivity contribution in [2.75, 3.05) is 5.75 Å². The number of carbonyl (C=O) groups is 1. The van der Waals surface area contributed by atoms with Crippen LogP contribution in [-0.2, 0) is 14.6 Å². The van der Waals surface area contributed by atoms with Gasteiger partial charge in [0.25, 0.3) is 0 Å². The first-order valence-corrected chi connectivity index (χ1v) is 8.65. The number of furan rings is 1. The Bertz CT molecular complexity index is 765. The van der Waals surface area contributed by atoms with Crippen molar-refractivity contribution >= 4 is 27.3 Å². The summed E-state index contributed by atoms with van der Waals surface area (Å²) in [5, 5.41) is 3.04. The van der Waals surface area contributed by atoms with Gasteiger partial charge in [-0.3, -0.25) is 4.79 Å². The number of halogens is 1. The number of sulfone groups is 1. The lowest BCUT2D eigenvalue weighted by molar-refractivity contribution is -0.119. The average Bonchev–Trinajstić information content (AvgIpc) is 2.85. The van der Waals surface area contributed by atoms with Crippen LogP contribution in [0.1, 0.15) is 24.5 Å². The summed E-state index contributed by atoms with van der Waals surface area (Å²) >= 11 is 5.72. The summed E-state index contributed by atoms with van der Waals surface area (Å²) < 4.78 is 29.7. The second-order valence-electron chi connectivity index (χ2n) is 4.95. The highest BCUT2D eigenvalue weighted by Crippen LogP contribution is 2.17. The molecule has 1 heterocycles. The molecule has 7 heteroatoms. The monoisotopic (exact) mass is 341 g/mol. The minimum Gasteiger partial charge on any atom is -0.464 e. The van der Waals surface area contributed by atoms with Crippen molar-refractivity contribution in [3.8, 4) is 0 Å². The molecule has 0 fully saturated rings. The Morgan fingerprint density at radius 1 is 1.23 bits per heavy atom. The minimum absolute atomic E-state index is 0.0635. The fourth-order valence-electron chi connectivity index (χ4n) is 1.94. The van der Waals surface area contributed by atoms with E-state index in [1.165, 1.54) is 24.3 Å². The number of carbonyl (C=O) groups excluding carboxylic acids is 1. The Labute approximate surface area is 134 Å². The number of aryl methyl sites for hydroxylation is 1. The lowest BCUT2D eigenvalue weighted by Gasteiger charge is -2.11. The molecular weight excluding hydrogens is 326 g/mol. The molecule has 1 amide bonds. The molecule has 118 valence electrons. The molecule has 0 bridgehead atoms. The Morgan fingerprint density at radius 2 is 1.86 bits per heavy atom. The molecule has 1 aromatic heterocycles. The zero-order valence-electron chi connectivity index (χ0n) is 12.2. The summed E-state index contributed by atoms with van der Waals surface area (Å²) in [6.45, 7) is 3.52. The molecule has 0 aliphatic rings. The molecule has 0 aliphatic carbocycles. The first kappa shape index (κ1) is 16.6.